The van der Waals surface area contributed by atoms with E-state index in [0.717, 1.165) is 22.5 Å². The van der Waals surface area contributed by atoms with Crippen molar-refractivity contribution >= 4 is 27.7 Å². The predicted molar refractivity (Wildman–Crippen MR) is 70.9 cm³/mol. The molecule has 1 fully saturated rings. The van der Waals surface area contributed by atoms with Gasteiger partial charge in [-0.1, -0.05) is 0 Å². The van der Waals surface area contributed by atoms with E-state index in [-0.39, 0.29) is 5.91 Å². The number of amides is 1. The van der Waals surface area contributed by atoms with Gasteiger partial charge in [-0.3, -0.25) is 4.79 Å². The van der Waals surface area contributed by atoms with Gasteiger partial charge in [-0.2, -0.15) is 0 Å². The Kier molecular flexibility index (Phi) is 4.12. The van der Waals surface area contributed by atoms with Gasteiger partial charge in [-0.15, -0.1) is 0 Å². The van der Waals surface area contributed by atoms with E-state index in [0.29, 0.717) is 12.4 Å². The zero-order valence-corrected chi connectivity index (χ0v) is 11.4. The molecule has 1 aromatic heterocycles. The zero-order valence-electron chi connectivity index (χ0n) is 9.79. The third-order valence-electron chi connectivity index (χ3n) is 2.72. The lowest BCUT2D eigenvalue weighted by Gasteiger charge is -2.08. The third-order valence-corrected chi connectivity index (χ3v) is 3.15. The number of halogens is 1. The number of aromatic nitrogens is 1. The van der Waals surface area contributed by atoms with E-state index in [9.17, 15) is 4.79 Å². The number of carbonyl (C=O) groups is 1. The van der Waals surface area contributed by atoms with Gasteiger partial charge < -0.3 is 10.6 Å². The van der Waals surface area contributed by atoms with E-state index >= 15 is 0 Å². The first-order chi connectivity index (χ1) is 8.15. The van der Waals surface area contributed by atoms with E-state index in [2.05, 4.69) is 31.5 Å². The van der Waals surface area contributed by atoms with Gasteiger partial charge >= 0.3 is 0 Å². The highest BCUT2D eigenvalue weighted by Crippen LogP contribution is 2.27. The van der Waals surface area contributed by atoms with Crippen molar-refractivity contribution < 1.29 is 4.79 Å². The van der Waals surface area contributed by atoms with Crippen LogP contribution >= 0.6 is 15.9 Å². The van der Waals surface area contributed by atoms with E-state index in [1.54, 1.807) is 6.20 Å². The molecule has 5 heteroatoms. The highest BCUT2D eigenvalue weighted by molar-refractivity contribution is 9.10. The molecule has 0 bridgehead atoms. The molecule has 0 radical (unpaired) electrons. The van der Waals surface area contributed by atoms with E-state index < -0.39 is 0 Å². The van der Waals surface area contributed by atoms with Gasteiger partial charge in [0, 0.05) is 10.7 Å². The molecule has 1 heterocycles. The number of rotatable bonds is 5. The molecule has 0 atom stereocenters. The lowest BCUT2D eigenvalue weighted by Crippen LogP contribution is -2.29. The summed E-state index contributed by atoms with van der Waals surface area (Å²) in [5.74, 6) is 1.38. The second-order valence-electron chi connectivity index (χ2n) is 4.44. The molecular weight excluding hydrogens is 282 g/mol. The van der Waals surface area contributed by atoms with E-state index in [4.69, 9.17) is 0 Å². The Hall–Kier alpha value is -0.940. The van der Waals surface area contributed by atoms with Crippen LogP contribution in [0.5, 0.6) is 0 Å². The fraction of sp³-hybridized carbons (Fsp3) is 0.500. The number of anilines is 1. The lowest BCUT2D eigenvalue weighted by atomic mass is 10.3. The quantitative estimate of drug-likeness (QED) is 0.875. The molecule has 0 spiro atoms. The van der Waals surface area contributed by atoms with Crippen molar-refractivity contribution in [3.8, 4) is 0 Å². The molecule has 1 aliphatic carbocycles. The summed E-state index contributed by atoms with van der Waals surface area (Å²) in [5, 5.41) is 5.95. The molecule has 2 N–H and O–H groups in total. The van der Waals surface area contributed by atoms with Gasteiger partial charge in [0.2, 0.25) is 5.91 Å². The second-order valence-corrected chi connectivity index (χ2v) is 5.36. The Balaban J connectivity index is 1.79. The lowest BCUT2D eigenvalue weighted by molar-refractivity contribution is -0.115. The Morgan fingerprint density at radius 3 is 3.00 bits per heavy atom. The van der Waals surface area contributed by atoms with E-state index in [1.807, 2.05) is 13.0 Å². The van der Waals surface area contributed by atoms with Crippen molar-refractivity contribution in [1.82, 2.24) is 10.3 Å². The Bertz CT molecular complexity index is 418. The maximum atomic E-state index is 11.6. The van der Waals surface area contributed by atoms with Crippen LogP contribution in [0.15, 0.2) is 16.7 Å². The van der Waals surface area contributed by atoms with Crippen molar-refractivity contribution in [2.24, 2.45) is 5.92 Å². The smallest absolute Gasteiger partial charge is 0.239 e. The van der Waals surface area contributed by atoms with Gasteiger partial charge in [0.05, 0.1) is 6.54 Å². The molecule has 0 aliphatic heterocycles. The summed E-state index contributed by atoms with van der Waals surface area (Å²) in [4.78, 5) is 15.8. The van der Waals surface area contributed by atoms with Crippen LogP contribution in [0.3, 0.4) is 0 Å². The number of hydrogen-bond acceptors (Lipinski definition) is 3. The minimum atomic E-state index is -0.0384. The van der Waals surface area contributed by atoms with Crippen LogP contribution in [0.25, 0.3) is 0 Å². The van der Waals surface area contributed by atoms with Crippen LogP contribution in [-0.2, 0) is 4.79 Å². The normalized spacial score (nSPS) is 14.7. The van der Waals surface area contributed by atoms with Gasteiger partial charge in [0.25, 0.3) is 0 Å². The SMILES string of the molecule is Cc1cc(Br)cnc1NC(=O)CNCC1CC1. The zero-order chi connectivity index (χ0) is 12.3. The topological polar surface area (TPSA) is 54.0 Å². The van der Waals surface area contributed by atoms with Gasteiger partial charge in [-0.25, -0.2) is 4.98 Å². The molecule has 1 aliphatic rings. The second kappa shape index (κ2) is 5.60. The first-order valence-corrected chi connectivity index (χ1v) is 6.57. The van der Waals surface area contributed by atoms with Crippen LogP contribution in [0, 0.1) is 12.8 Å². The summed E-state index contributed by atoms with van der Waals surface area (Å²) in [6, 6.07) is 1.93. The molecule has 1 amide bonds. The fourth-order valence-corrected chi connectivity index (χ4v) is 2.01. The standard InChI is InChI=1S/C12H16BrN3O/c1-8-4-10(13)6-15-12(8)16-11(17)7-14-5-9-2-3-9/h4,6,9,14H,2-3,5,7H2,1H3,(H,15,16,17). The summed E-state index contributed by atoms with van der Waals surface area (Å²) >= 11 is 3.34. The summed E-state index contributed by atoms with van der Waals surface area (Å²) < 4.78 is 0.917. The molecule has 1 aromatic rings. The highest BCUT2D eigenvalue weighted by atomic mass is 79.9. The van der Waals surface area contributed by atoms with Crippen LogP contribution in [0.1, 0.15) is 18.4 Å². The molecule has 4 nitrogen and oxygen atoms in total. The van der Waals surface area contributed by atoms with Crippen molar-refractivity contribution in [2.45, 2.75) is 19.8 Å². The first kappa shape index (κ1) is 12.5. The number of carbonyl (C=O) groups excluding carboxylic acids is 1. The molecule has 0 saturated heterocycles. The Labute approximate surface area is 109 Å². The summed E-state index contributed by atoms with van der Waals surface area (Å²) in [6.07, 6.45) is 4.27. The molecule has 0 aromatic carbocycles. The molecule has 2 rings (SSSR count). The number of nitrogens with zero attached hydrogens (tertiary/aromatic N) is 1. The van der Waals surface area contributed by atoms with Crippen molar-refractivity contribution in [1.29, 1.82) is 0 Å². The Morgan fingerprint density at radius 1 is 1.59 bits per heavy atom. The highest BCUT2D eigenvalue weighted by Gasteiger charge is 2.20. The monoisotopic (exact) mass is 297 g/mol. The summed E-state index contributed by atoms with van der Waals surface area (Å²) in [7, 11) is 0. The molecule has 17 heavy (non-hydrogen) atoms. The molecular formula is C12H16BrN3O. The number of pyridine rings is 1. The largest absolute Gasteiger partial charge is 0.309 e. The Morgan fingerprint density at radius 2 is 2.35 bits per heavy atom. The van der Waals surface area contributed by atoms with Gasteiger partial charge in [-0.05, 0) is 59.8 Å². The number of nitrogens with one attached hydrogen (secondary N) is 2. The maximum absolute atomic E-state index is 11.6. The van der Waals surface area contributed by atoms with Crippen molar-refractivity contribution in [3.63, 3.8) is 0 Å². The first-order valence-electron chi connectivity index (χ1n) is 5.78. The minimum absolute atomic E-state index is 0.0384. The van der Waals surface area contributed by atoms with Crippen molar-refractivity contribution in [3.05, 3.63) is 22.3 Å². The van der Waals surface area contributed by atoms with E-state index in [1.165, 1.54) is 12.8 Å². The maximum Gasteiger partial charge on any atom is 0.239 e. The average molecular weight is 298 g/mol. The average Bonchev–Trinajstić information content (AvgIpc) is 3.06. The summed E-state index contributed by atoms with van der Waals surface area (Å²) in [5.41, 5.74) is 0.954. The minimum Gasteiger partial charge on any atom is -0.309 e. The van der Waals surface area contributed by atoms with Crippen LogP contribution < -0.4 is 10.6 Å². The molecule has 0 unspecified atom stereocenters. The number of aryl methyl sites for hydroxylation is 1. The van der Waals surface area contributed by atoms with Crippen LogP contribution in [0.2, 0.25) is 0 Å². The van der Waals surface area contributed by atoms with Crippen LogP contribution in [-0.4, -0.2) is 24.0 Å². The molecule has 92 valence electrons. The summed E-state index contributed by atoms with van der Waals surface area (Å²) in [6.45, 7) is 3.22. The predicted octanol–water partition coefficient (Wildman–Crippen LogP) is 2.09. The van der Waals surface area contributed by atoms with Crippen molar-refractivity contribution in [2.75, 3.05) is 18.4 Å². The number of hydrogen-bond donors (Lipinski definition) is 2. The van der Waals surface area contributed by atoms with Gasteiger partial charge in [0.15, 0.2) is 0 Å². The molecule has 1 saturated carbocycles. The fourth-order valence-electron chi connectivity index (χ4n) is 1.56. The third kappa shape index (κ3) is 4.09. The van der Waals surface area contributed by atoms with Crippen LogP contribution in [0.4, 0.5) is 5.82 Å². The van der Waals surface area contributed by atoms with Gasteiger partial charge in [0.1, 0.15) is 5.82 Å².